The molecule has 0 atom stereocenters. The first-order chi connectivity index (χ1) is 25.8. The maximum absolute atomic E-state index is 12.5. The Morgan fingerprint density at radius 3 is 2.31 bits per heavy atom. The smallest absolute Gasteiger partial charge is 0.338 e. The summed E-state index contributed by atoms with van der Waals surface area (Å²) < 4.78 is 14.8. The van der Waals surface area contributed by atoms with Gasteiger partial charge in [-0.25, -0.2) is 9.59 Å². The number of rotatable bonds is 6. The van der Waals surface area contributed by atoms with E-state index in [1.165, 1.54) is 22.3 Å². The van der Waals surface area contributed by atoms with Crippen molar-refractivity contribution in [3.63, 3.8) is 0 Å². The molecule has 11 heteroatoms. The third-order valence-electron chi connectivity index (χ3n) is 10.8. The zero-order valence-electron chi connectivity index (χ0n) is 31.6. The average molecular weight is 725 g/mol. The molecule has 0 fully saturated rings. The number of carbonyl (C=O) groups excluding carboxylic acids is 1. The van der Waals surface area contributed by atoms with Crippen LogP contribution in [-0.4, -0.2) is 60.3 Å². The Kier molecular flexibility index (Phi) is 8.28. The van der Waals surface area contributed by atoms with Crippen molar-refractivity contribution in [2.24, 2.45) is 7.05 Å². The predicted octanol–water partition coefficient (Wildman–Crippen LogP) is 8.20. The molecule has 2 aliphatic rings. The number of carboxylic acids is 1. The van der Waals surface area contributed by atoms with Gasteiger partial charge in [0.15, 0.2) is 0 Å². The number of ether oxygens (including phenoxy) is 2. The van der Waals surface area contributed by atoms with Crippen molar-refractivity contribution in [1.82, 2.24) is 29.5 Å². The number of hydrogen-bond donors (Lipinski definition) is 3. The number of nitrogens with one attached hydrogen (secondary N) is 2. The third kappa shape index (κ3) is 5.75. The van der Waals surface area contributed by atoms with E-state index >= 15 is 0 Å². The van der Waals surface area contributed by atoms with E-state index in [-0.39, 0.29) is 16.8 Å². The fraction of sp³-hybridized carbons (Fsp3) is 0.302. The summed E-state index contributed by atoms with van der Waals surface area (Å²) in [5, 5.41) is 23.5. The van der Waals surface area contributed by atoms with Gasteiger partial charge >= 0.3 is 11.9 Å². The highest BCUT2D eigenvalue weighted by atomic mass is 16.5. The highest BCUT2D eigenvalue weighted by Crippen LogP contribution is 2.48. The van der Waals surface area contributed by atoms with E-state index < -0.39 is 5.97 Å². The molecule has 9 rings (SSSR count). The number of methoxy groups -OCH3 is 1. The normalized spacial score (nSPS) is 14.7. The van der Waals surface area contributed by atoms with E-state index in [4.69, 9.17) is 9.47 Å². The van der Waals surface area contributed by atoms with Gasteiger partial charge in [-0.3, -0.25) is 9.78 Å². The number of carboxylic acid groups (broad SMARTS) is 1. The zero-order valence-corrected chi connectivity index (χ0v) is 31.6. The molecule has 0 saturated heterocycles. The molecule has 4 aromatic heterocycles. The lowest BCUT2D eigenvalue weighted by Crippen LogP contribution is -2.25. The largest absolute Gasteiger partial charge is 0.497 e. The minimum atomic E-state index is -0.899. The molecule has 0 unspecified atom stereocenters. The Morgan fingerprint density at radius 1 is 0.889 bits per heavy atom. The van der Waals surface area contributed by atoms with Gasteiger partial charge in [0.2, 0.25) is 0 Å². The summed E-state index contributed by atoms with van der Waals surface area (Å²) in [6.07, 6.45) is 5.78. The van der Waals surface area contributed by atoms with E-state index in [0.717, 1.165) is 68.7 Å². The Labute approximate surface area is 312 Å². The summed E-state index contributed by atoms with van der Waals surface area (Å²) in [5.41, 5.74) is 13.0. The van der Waals surface area contributed by atoms with Crippen LogP contribution >= 0.6 is 0 Å². The molecule has 0 radical (unpaired) electrons. The van der Waals surface area contributed by atoms with Crippen molar-refractivity contribution in [1.29, 1.82) is 0 Å². The highest BCUT2D eigenvalue weighted by molar-refractivity contribution is 6.00. The van der Waals surface area contributed by atoms with Gasteiger partial charge < -0.3 is 24.1 Å². The number of aromatic amines is 2. The maximum atomic E-state index is 12.5. The number of nitrogens with zero attached hydrogens (tertiary/aromatic N) is 4. The maximum Gasteiger partial charge on any atom is 0.338 e. The van der Waals surface area contributed by atoms with E-state index in [0.29, 0.717) is 24.3 Å². The van der Waals surface area contributed by atoms with Crippen LogP contribution in [0.1, 0.15) is 83.2 Å². The second-order valence-corrected chi connectivity index (χ2v) is 15.6. The number of H-pyrrole nitrogens is 2. The molecule has 0 amide bonds. The van der Waals surface area contributed by atoms with Crippen LogP contribution in [0.5, 0.6) is 5.75 Å². The molecule has 0 bridgehead atoms. The van der Waals surface area contributed by atoms with Gasteiger partial charge in [-0.15, -0.1) is 0 Å². The first-order valence-electron chi connectivity index (χ1n) is 18.2. The molecular weight excluding hydrogens is 681 g/mol. The molecule has 7 aromatic rings. The number of fused-ring (bicyclic) bond motifs is 10. The number of aryl methyl sites for hydroxylation is 1. The zero-order chi connectivity index (χ0) is 38.1. The van der Waals surface area contributed by atoms with Crippen molar-refractivity contribution in [2.45, 2.75) is 64.8 Å². The first-order valence-corrected chi connectivity index (χ1v) is 18.2. The van der Waals surface area contributed by atoms with Crippen LogP contribution in [0, 0.1) is 0 Å². The minimum Gasteiger partial charge on any atom is -0.497 e. The second kappa shape index (κ2) is 12.8. The van der Waals surface area contributed by atoms with Gasteiger partial charge in [-0.05, 0) is 95.8 Å². The Balaban J connectivity index is 0.000000164. The van der Waals surface area contributed by atoms with Crippen LogP contribution in [-0.2, 0) is 42.0 Å². The Morgan fingerprint density at radius 2 is 1.59 bits per heavy atom. The summed E-state index contributed by atoms with van der Waals surface area (Å²) >= 11 is 0. The van der Waals surface area contributed by atoms with Gasteiger partial charge in [0, 0.05) is 52.7 Å². The number of carbonyl (C=O) groups is 2. The second-order valence-electron chi connectivity index (χ2n) is 15.6. The predicted molar refractivity (Wildman–Crippen MR) is 208 cm³/mol. The number of aromatic carboxylic acids is 1. The van der Waals surface area contributed by atoms with Crippen LogP contribution in [0.3, 0.4) is 0 Å². The lowest BCUT2D eigenvalue weighted by Gasteiger charge is -2.31. The summed E-state index contributed by atoms with van der Waals surface area (Å²) in [6, 6.07) is 19.3. The fourth-order valence-corrected chi connectivity index (χ4v) is 8.58. The lowest BCUT2D eigenvalue weighted by atomic mass is 9.73. The summed E-state index contributed by atoms with van der Waals surface area (Å²) in [4.78, 5) is 27.2. The lowest BCUT2D eigenvalue weighted by molar-refractivity contribution is 0.0526. The van der Waals surface area contributed by atoms with Gasteiger partial charge in [-0.1, -0.05) is 39.8 Å². The van der Waals surface area contributed by atoms with Crippen LogP contribution in [0.15, 0.2) is 73.1 Å². The van der Waals surface area contributed by atoms with Crippen molar-refractivity contribution >= 4 is 33.7 Å². The monoisotopic (exact) mass is 724 g/mol. The summed E-state index contributed by atoms with van der Waals surface area (Å²) in [5.74, 6) is -0.352. The van der Waals surface area contributed by atoms with Gasteiger partial charge in [-0.2, -0.15) is 10.2 Å². The van der Waals surface area contributed by atoms with E-state index in [1.807, 2.05) is 61.2 Å². The van der Waals surface area contributed by atoms with Gasteiger partial charge in [0.1, 0.15) is 11.4 Å². The van der Waals surface area contributed by atoms with E-state index in [9.17, 15) is 14.7 Å². The SMILES string of the molecule is CCOC(=O)c1ccc2c(c1)c1c(n2Cc2ccc(OC)cc2)-c2[nH]ncc2CC1(C)C.Cn1cc2c(n1)-c1[nH]c3ccc(C(=O)O)cc3c1C(C)(C)C2. The van der Waals surface area contributed by atoms with E-state index in [1.54, 1.807) is 19.2 Å². The molecule has 54 heavy (non-hydrogen) atoms. The Hall–Kier alpha value is -6.10. The quantitative estimate of drug-likeness (QED) is 0.147. The Bertz CT molecular complexity index is 2600. The molecule has 4 heterocycles. The molecule has 0 aliphatic heterocycles. The molecule has 0 spiro atoms. The van der Waals surface area contributed by atoms with Crippen LogP contribution in [0.4, 0.5) is 0 Å². The van der Waals surface area contributed by atoms with Crippen molar-refractivity contribution in [3.8, 4) is 28.5 Å². The number of hydrogen-bond acceptors (Lipinski definition) is 6. The van der Waals surface area contributed by atoms with Crippen LogP contribution in [0.2, 0.25) is 0 Å². The average Bonchev–Trinajstić information content (AvgIpc) is 3.91. The molecule has 0 saturated carbocycles. The fourth-order valence-electron chi connectivity index (χ4n) is 8.58. The third-order valence-corrected chi connectivity index (χ3v) is 10.8. The van der Waals surface area contributed by atoms with Crippen molar-refractivity contribution in [2.75, 3.05) is 13.7 Å². The molecule has 276 valence electrons. The van der Waals surface area contributed by atoms with E-state index in [2.05, 4.69) is 70.9 Å². The highest BCUT2D eigenvalue weighted by Gasteiger charge is 2.38. The van der Waals surface area contributed by atoms with Crippen LogP contribution in [0.25, 0.3) is 44.6 Å². The standard InChI is InChI=1S/C26H27N3O3.C17H17N3O2/c1-5-32-25(30)17-8-11-21-20(12-17)22-24(23-18(14-27-28-23)13-26(22,2)3)29(21)15-16-6-9-19(31-4)10-7-16;1-17(2)7-10-8-20(3)19-14(10)15-13(17)11-6-9(16(21)22)4-5-12(11)18-15/h6-12,14H,5,13,15H2,1-4H3,(H,27,28);4-6,8,18H,7H2,1-3H3,(H,21,22). The molecular formula is C43H44N6O5. The van der Waals surface area contributed by atoms with Crippen molar-refractivity contribution < 1.29 is 24.2 Å². The molecule has 3 aromatic carbocycles. The summed E-state index contributed by atoms with van der Waals surface area (Å²) in [6.45, 7) is 11.8. The van der Waals surface area contributed by atoms with Crippen molar-refractivity contribution in [3.05, 3.63) is 112 Å². The summed E-state index contributed by atoms with van der Waals surface area (Å²) in [7, 11) is 3.60. The van der Waals surface area contributed by atoms with Gasteiger partial charge in [0.05, 0.1) is 48.1 Å². The molecule has 3 N–H and O–H groups in total. The van der Waals surface area contributed by atoms with Gasteiger partial charge in [0.25, 0.3) is 0 Å². The first kappa shape index (κ1) is 35.0. The number of esters is 1. The molecule has 2 aliphatic carbocycles. The minimum absolute atomic E-state index is 0.0687. The number of aromatic nitrogens is 6. The molecule has 11 nitrogen and oxygen atoms in total. The topological polar surface area (TPSA) is 140 Å². The number of benzene rings is 3. The van der Waals surface area contributed by atoms with Crippen LogP contribution < -0.4 is 4.74 Å².